The number of aryl methyl sites for hydroxylation is 1. The van der Waals surface area contributed by atoms with Crippen molar-refractivity contribution in [3.8, 4) is 11.8 Å². The fraction of sp³-hybridized carbons (Fsp3) is 0.500. The summed E-state index contributed by atoms with van der Waals surface area (Å²) in [6.07, 6.45) is 4.52. The number of nitriles is 1. The molecule has 1 aromatic rings. The van der Waals surface area contributed by atoms with Crippen LogP contribution in [0.2, 0.25) is 0 Å². The third kappa shape index (κ3) is 3.25. The van der Waals surface area contributed by atoms with Crippen molar-refractivity contribution in [1.29, 1.82) is 5.26 Å². The van der Waals surface area contributed by atoms with Gasteiger partial charge in [-0.05, 0) is 18.9 Å². The van der Waals surface area contributed by atoms with E-state index in [-0.39, 0.29) is 0 Å². The summed E-state index contributed by atoms with van der Waals surface area (Å²) >= 11 is 0. The van der Waals surface area contributed by atoms with Gasteiger partial charge in [0.25, 0.3) is 0 Å². The second-order valence-corrected chi connectivity index (χ2v) is 3.38. The molecule has 3 heteroatoms. The standard InChI is InChI=1S/C12H16N2O/c1-3-5-11-7-10(8-13)12(9-14-11)15-6-4-2/h7,9H,3-6H2,1-2H3. The second-order valence-electron chi connectivity index (χ2n) is 3.38. The summed E-state index contributed by atoms with van der Waals surface area (Å²) in [5.74, 6) is 0.596. The maximum Gasteiger partial charge on any atom is 0.155 e. The minimum atomic E-state index is 0.585. The van der Waals surface area contributed by atoms with E-state index in [0.717, 1.165) is 25.0 Å². The molecule has 15 heavy (non-hydrogen) atoms. The van der Waals surface area contributed by atoms with Crippen LogP contribution < -0.4 is 4.74 Å². The van der Waals surface area contributed by atoms with Gasteiger partial charge in [-0.25, -0.2) is 0 Å². The number of hydrogen-bond acceptors (Lipinski definition) is 3. The zero-order valence-corrected chi connectivity index (χ0v) is 9.29. The third-order valence-corrected chi connectivity index (χ3v) is 2.01. The van der Waals surface area contributed by atoms with E-state index >= 15 is 0 Å². The van der Waals surface area contributed by atoms with Crippen LogP contribution in [-0.2, 0) is 6.42 Å². The lowest BCUT2D eigenvalue weighted by atomic mass is 10.1. The average Bonchev–Trinajstić information content (AvgIpc) is 2.27. The van der Waals surface area contributed by atoms with Gasteiger partial charge < -0.3 is 4.74 Å². The van der Waals surface area contributed by atoms with Crippen molar-refractivity contribution in [2.24, 2.45) is 0 Å². The molecule has 0 aliphatic carbocycles. The SMILES string of the molecule is CCCOc1cnc(CCC)cc1C#N. The molecule has 0 amide bonds. The Morgan fingerprint density at radius 1 is 1.40 bits per heavy atom. The highest BCUT2D eigenvalue weighted by atomic mass is 16.5. The van der Waals surface area contributed by atoms with Crippen molar-refractivity contribution in [3.63, 3.8) is 0 Å². The van der Waals surface area contributed by atoms with Gasteiger partial charge in [-0.15, -0.1) is 0 Å². The molecule has 0 fully saturated rings. The monoisotopic (exact) mass is 204 g/mol. The highest BCUT2D eigenvalue weighted by molar-refractivity contribution is 5.42. The van der Waals surface area contributed by atoms with E-state index in [0.29, 0.717) is 17.9 Å². The van der Waals surface area contributed by atoms with Crippen LogP contribution >= 0.6 is 0 Å². The van der Waals surface area contributed by atoms with Gasteiger partial charge in [0, 0.05) is 5.69 Å². The largest absolute Gasteiger partial charge is 0.491 e. The number of pyridine rings is 1. The van der Waals surface area contributed by atoms with Gasteiger partial charge in [0.1, 0.15) is 6.07 Å². The van der Waals surface area contributed by atoms with E-state index < -0.39 is 0 Å². The van der Waals surface area contributed by atoms with Crippen LogP contribution in [0.25, 0.3) is 0 Å². The lowest BCUT2D eigenvalue weighted by Crippen LogP contribution is -1.99. The summed E-state index contributed by atoms with van der Waals surface area (Å²) in [4.78, 5) is 4.25. The number of aromatic nitrogens is 1. The number of ether oxygens (including phenoxy) is 1. The molecule has 3 nitrogen and oxygen atoms in total. The molecule has 0 bridgehead atoms. The fourth-order valence-corrected chi connectivity index (χ4v) is 1.29. The Hall–Kier alpha value is -1.56. The molecule has 1 heterocycles. The molecule has 0 saturated heterocycles. The van der Waals surface area contributed by atoms with E-state index in [1.54, 1.807) is 6.20 Å². The van der Waals surface area contributed by atoms with Crippen LogP contribution in [0, 0.1) is 11.3 Å². The highest BCUT2D eigenvalue weighted by Crippen LogP contribution is 2.17. The minimum absolute atomic E-state index is 0.585. The van der Waals surface area contributed by atoms with E-state index in [2.05, 4.69) is 18.0 Å². The third-order valence-electron chi connectivity index (χ3n) is 2.01. The zero-order chi connectivity index (χ0) is 11.1. The van der Waals surface area contributed by atoms with E-state index in [1.165, 1.54) is 0 Å². The molecule has 0 aliphatic heterocycles. The maximum atomic E-state index is 8.95. The van der Waals surface area contributed by atoms with Crippen LogP contribution in [0.3, 0.4) is 0 Å². The molecule has 0 saturated carbocycles. The van der Waals surface area contributed by atoms with Gasteiger partial charge in [-0.3, -0.25) is 4.98 Å². The second kappa shape index (κ2) is 6.02. The molecule has 0 atom stereocenters. The van der Waals surface area contributed by atoms with Crippen molar-refractivity contribution in [3.05, 3.63) is 23.5 Å². The molecule has 0 radical (unpaired) electrons. The number of nitrogens with zero attached hydrogens (tertiary/aromatic N) is 2. The number of rotatable bonds is 5. The Bertz CT molecular complexity index is 355. The van der Waals surface area contributed by atoms with E-state index in [9.17, 15) is 0 Å². The molecule has 0 aliphatic rings. The first-order valence-electron chi connectivity index (χ1n) is 5.33. The molecular weight excluding hydrogens is 188 g/mol. The molecule has 80 valence electrons. The summed E-state index contributed by atoms with van der Waals surface area (Å²) in [7, 11) is 0. The predicted octanol–water partition coefficient (Wildman–Crippen LogP) is 2.69. The minimum Gasteiger partial charge on any atom is -0.491 e. The Morgan fingerprint density at radius 3 is 2.80 bits per heavy atom. The van der Waals surface area contributed by atoms with E-state index in [4.69, 9.17) is 10.00 Å². The zero-order valence-electron chi connectivity index (χ0n) is 9.29. The topological polar surface area (TPSA) is 45.9 Å². The fourth-order valence-electron chi connectivity index (χ4n) is 1.29. The van der Waals surface area contributed by atoms with Crippen LogP contribution in [0.1, 0.15) is 37.9 Å². The first-order valence-corrected chi connectivity index (χ1v) is 5.33. The lowest BCUT2D eigenvalue weighted by molar-refractivity contribution is 0.315. The lowest BCUT2D eigenvalue weighted by Gasteiger charge is -2.07. The van der Waals surface area contributed by atoms with Crippen molar-refractivity contribution in [2.45, 2.75) is 33.1 Å². The molecule has 0 aromatic carbocycles. The van der Waals surface area contributed by atoms with Gasteiger partial charge in [0.2, 0.25) is 0 Å². The Kier molecular flexibility index (Phi) is 4.62. The van der Waals surface area contributed by atoms with Crippen LogP contribution in [0.4, 0.5) is 0 Å². The van der Waals surface area contributed by atoms with Gasteiger partial charge in [-0.2, -0.15) is 5.26 Å². The van der Waals surface area contributed by atoms with Crippen LogP contribution in [0.5, 0.6) is 5.75 Å². The predicted molar refractivity (Wildman–Crippen MR) is 58.7 cm³/mol. The molecule has 1 aromatic heterocycles. The van der Waals surface area contributed by atoms with Gasteiger partial charge >= 0.3 is 0 Å². The van der Waals surface area contributed by atoms with Crippen molar-refractivity contribution < 1.29 is 4.74 Å². The molecule has 0 N–H and O–H groups in total. The van der Waals surface area contributed by atoms with Gasteiger partial charge in [-0.1, -0.05) is 20.3 Å². The Balaban J connectivity index is 2.84. The quantitative estimate of drug-likeness (QED) is 0.740. The first kappa shape index (κ1) is 11.5. The summed E-state index contributed by atoms with van der Waals surface area (Å²) in [5, 5.41) is 8.95. The number of hydrogen-bond donors (Lipinski definition) is 0. The molecule has 0 unspecified atom stereocenters. The van der Waals surface area contributed by atoms with Crippen LogP contribution in [0.15, 0.2) is 12.3 Å². The smallest absolute Gasteiger partial charge is 0.155 e. The van der Waals surface area contributed by atoms with E-state index in [1.807, 2.05) is 13.0 Å². The summed E-state index contributed by atoms with van der Waals surface area (Å²) < 4.78 is 5.43. The average molecular weight is 204 g/mol. The molecule has 0 spiro atoms. The molecular formula is C12H16N2O. The highest BCUT2D eigenvalue weighted by Gasteiger charge is 2.05. The summed E-state index contributed by atoms with van der Waals surface area (Å²) in [6, 6.07) is 3.95. The van der Waals surface area contributed by atoms with Crippen LogP contribution in [-0.4, -0.2) is 11.6 Å². The summed E-state index contributed by atoms with van der Waals surface area (Å²) in [6.45, 7) is 4.75. The normalized spacial score (nSPS) is 9.67. The Labute approximate surface area is 90.7 Å². The van der Waals surface area contributed by atoms with Gasteiger partial charge in [0.15, 0.2) is 5.75 Å². The maximum absolute atomic E-state index is 8.95. The van der Waals surface area contributed by atoms with Crippen molar-refractivity contribution in [1.82, 2.24) is 4.98 Å². The van der Waals surface area contributed by atoms with Crippen molar-refractivity contribution >= 4 is 0 Å². The van der Waals surface area contributed by atoms with Gasteiger partial charge in [0.05, 0.1) is 18.4 Å². The van der Waals surface area contributed by atoms with Crippen molar-refractivity contribution in [2.75, 3.05) is 6.61 Å². The Morgan fingerprint density at radius 2 is 2.20 bits per heavy atom. The molecule has 1 rings (SSSR count). The summed E-state index contributed by atoms with van der Waals surface area (Å²) in [5.41, 5.74) is 1.54. The first-order chi connectivity index (χ1) is 7.31.